The van der Waals surface area contributed by atoms with Crippen LogP contribution in [-0.2, 0) is 4.74 Å². The van der Waals surface area contributed by atoms with Crippen LogP contribution in [0.5, 0.6) is 11.6 Å². The van der Waals surface area contributed by atoms with E-state index in [4.69, 9.17) is 14.2 Å². The van der Waals surface area contributed by atoms with E-state index in [-0.39, 0.29) is 0 Å². The maximum Gasteiger partial charge on any atom is 0.221 e. The molecular weight excluding hydrogens is 292 g/mol. The van der Waals surface area contributed by atoms with Crippen molar-refractivity contribution in [1.82, 2.24) is 10.3 Å². The molecule has 0 amide bonds. The van der Waals surface area contributed by atoms with Crippen molar-refractivity contribution in [2.45, 2.75) is 6.92 Å². The van der Waals surface area contributed by atoms with Crippen LogP contribution >= 0.6 is 0 Å². The van der Waals surface area contributed by atoms with Gasteiger partial charge in [0.1, 0.15) is 12.4 Å². The lowest BCUT2D eigenvalue weighted by Crippen LogP contribution is -2.24. The number of hydrogen-bond acceptors (Lipinski definition) is 5. The highest BCUT2D eigenvalue weighted by Gasteiger charge is 2.12. The predicted octanol–water partition coefficient (Wildman–Crippen LogP) is 2.68. The zero-order valence-corrected chi connectivity index (χ0v) is 14.0. The third-order valence-corrected chi connectivity index (χ3v) is 3.41. The summed E-state index contributed by atoms with van der Waals surface area (Å²) < 4.78 is 16.3. The molecule has 2 aromatic rings. The van der Waals surface area contributed by atoms with Crippen molar-refractivity contribution >= 4 is 0 Å². The van der Waals surface area contributed by atoms with Gasteiger partial charge in [-0.2, -0.15) is 0 Å². The Labute approximate surface area is 137 Å². The van der Waals surface area contributed by atoms with Gasteiger partial charge in [0.2, 0.25) is 5.88 Å². The normalized spacial score (nSPS) is 10.6. The van der Waals surface area contributed by atoms with Gasteiger partial charge in [-0.25, -0.2) is 4.98 Å². The van der Waals surface area contributed by atoms with Gasteiger partial charge in [-0.15, -0.1) is 0 Å². The number of pyridine rings is 1. The Bertz CT molecular complexity index is 617. The number of methoxy groups -OCH3 is 2. The van der Waals surface area contributed by atoms with Crippen LogP contribution in [0.1, 0.15) is 5.56 Å². The maximum absolute atomic E-state index is 5.94. The number of nitrogens with zero attached hydrogens (tertiary/aromatic N) is 1. The van der Waals surface area contributed by atoms with Gasteiger partial charge in [-0.1, -0.05) is 11.6 Å². The first-order chi connectivity index (χ1) is 11.3. The summed E-state index contributed by atoms with van der Waals surface area (Å²) in [5, 5.41) is 3.26. The van der Waals surface area contributed by atoms with E-state index in [1.54, 1.807) is 20.4 Å². The van der Waals surface area contributed by atoms with E-state index in [2.05, 4.69) is 23.3 Å². The van der Waals surface area contributed by atoms with Crippen molar-refractivity contribution in [3.8, 4) is 22.8 Å². The molecule has 5 nitrogen and oxygen atoms in total. The molecule has 1 aromatic heterocycles. The summed E-state index contributed by atoms with van der Waals surface area (Å²) in [5.41, 5.74) is 3.09. The lowest BCUT2D eigenvalue weighted by Gasteiger charge is -2.14. The van der Waals surface area contributed by atoms with Crippen LogP contribution < -0.4 is 14.8 Å². The molecule has 0 bridgehead atoms. The standard InChI is InChI=1S/C18H24N2O3/c1-14-6-7-17(23-12-10-19-9-11-21-2)16(13-14)15-5-4-8-20-18(15)22-3/h4-8,13,19H,9-12H2,1-3H3. The van der Waals surface area contributed by atoms with E-state index in [0.717, 1.165) is 35.5 Å². The van der Waals surface area contributed by atoms with E-state index in [1.165, 1.54) is 0 Å². The first kappa shape index (κ1) is 17.2. The summed E-state index contributed by atoms with van der Waals surface area (Å²) in [6, 6.07) is 10.0. The van der Waals surface area contributed by atoms with Crippen LogP contribution in [0.2, 0.25) is 0 Å². The topological polar surface area (TPSA) is 52.6 Å². The molecule has 0 saturated heterocycles. The Morgan fingerprint density at radius 2 is 1.87 bits per heavy atom. The van der Waals surface area contributed by atoms with Gasteiger partial charge >= 0.3 is 0 Å². The van der Waals surface area contributed by atoms with Crippen molar-refractivity contribution in [1.29, 1.82) is 0 Å². The molecule has 0 aliphatic heterocycles. The second-order valence-electron chi connectivity index (χ2n) is 5.15. The number of benzene rings is 1. The Morgan fingerprint density at radius 3 is 2.65 bits per heavy atom. The summed E-state index contributed by atoms with van der Waals surface area (Å²) >= 11 is 0. The molecule has 0 aliphatic rings. The quantitative estimate of drug-likeness (QED) is 0.721. The molecule has 0 atom stereocenters. The van der Waals surface area contributed by atoms with E-state index in [0.29, 0.717) is 19.1 Å². The first-order valence-electron chi connectivity index (χ1n) is 7.68. The van der Waals surface area contributed by atoms with Crippen molar-refractivity contribution < 1.29 is 14.2 Å². The molecule has 0 fully saturated rings. The van der Waals surface area contributed by atoms with Crippen LogP contribution in [-0.4, -0.2) is 45.5 Å². The third kappa shape index (κ3) is 4.94. The van der Waals surface area contributed by atoms with Gasteiger partial charge in [0.15, 0.2) is 0 Å². The average Bonchev–Trinajstić information content (AvgIpc) is 2.59. The number of nitrogens with one attached hydrogen (secondary N) is 1. The minimum atomic E-state index is 0.586. The van der Waals surface area contributed by atoms with E-state index >= 15 is 0 Å². The van der Waals surface area contributed by atoms with Crippen LogP contribution in [0.25, 0.3) is 11.1 Å². The monoisotopic (exact) mass is 316 g/mol. The van der Waals surface area contributed by atoms with Gasteiger partial charge in [0, 0.05) is 37.5 Å². The molecule has 1 N–H and O–H groups in total. The zero-order chi connectivity index (χ0) is 16.5. The minimum absolute atomic E-state index is 0.586. The van der Waals surface area contributed by atoms with Gasteiger partial charge in [0.25, 0.3) is 0 Å². The summed E-state index contributed by atoms with van der Waals surface area (Å²) in [7, 11) is 3.32. The third-order valence-electron chi connectivity index (χ3n) is 3.41. The molecule has 23 heavy (non-hydrogen) atoms. The summed E-state index contributed by atoms with van der Waals surface area (Å²) in [5.74, 6) is 1.43. The number of ether oxygens (including phenoxy) is 3. The predicted molar refractivity (Wildman–Crippen MR) is 91.2 cm³/mol. The molecule has 0 saturated carbocycles. The fraction of sp³-hybridized carbons (Fsp3) is 0.389. The van der Waals surface area contributed by atoms with E-state index in [1.807, 2.05) is 24.3 Å². The summed E-state index contributed by atoms with van der Waals surface area (Å²) in [6.07, 6.45) is 1.72. The Morgan fingerprint density at radius 1 is 1.04 bits per heavy atom. The number of rotatable bonds is 9. The Hall–Kier alpha value is -2.11. The molecule has 0 unspecified atom stereocenters. The Kier molecular flexibility index (Phi) is 6.84. The smallest absolute Gasteiger partial charge is 0.221 e. The van der Waals surface area contributed by atoms with Gasteiger partial charge in [0.05, 0.1) is 13.7 Å². The van der Waals surface area contributed by atoms with Crippen molar-refractivity contribution in [2.24, 2.45) is 0 Å². The fourth-order valence-electron chi connectivity index (χ4n) is 2.27. The van der Waals surface area contributed by atoms with Crippen LogP contribution in [0, 0.1) is 6.92 Å². The lowest BCUT2D eigenvalue weighted by atomic mass is 10.0. The fourth-order valence-corrected chi connectivity index (χ4v) is 2.27. The van der Waals surface area contributed by atoms with Crippen molar-refractivity contribution in [3.63, 3.8) is 0 Å². The highest BCUT2D eigenvalue weighted by atomic mass is 16.5. The number of aryl methyl sites for hydroxylation is 1. The molecule has 124 valence electrons. The van der Waals surface area contributed by atoms with Crippen LogP contribution in [0.4, 0.5) is 0 Å². The van der Waals surface area contributed by atoms with E-state index < -0.39 is 0 Å². The minimum Gasteiger partial charge on any atom is -0.492 e. The van der Waals surface area contributed by atoms with Gasteiger partial charge < -0.3 is 19.5 Å². The lowest BCUT2D eigenvalue weighted by molar-refractivity contribution is 0.197. The van der Waals surface area contributed by atoms with Gasteiger partial charge in [-0.3, -0.25) is 0 Å². The first-order valence-corrected chi connectivity index (χ1v) is 7.68. The average molecular weight is 316 g/mol. The highest BCUT2D eigenvalue weighted by Crippen LogP contribution is 2.35. The maximum atomic E-state index is 5.94. The molecule has 0 aliphatic carbocycles. The highest BCUT2D eigenvalue weighted by molar-refractivity contribution is 5.75. The van der Waals surface area contributed by atoms with Crippen molar-refractivity contribution in [3.05, 3.63) is 42.1 Å². The van der Waals surface area contributed by atoms with E-state index in [9.17, 15) is 0 Å². The molecule has 5 heteroatoms. The summed E-state index contributed by atoms with van der Waals surface area (Å²) in [4.78, 5) is 4.27. The zero-order valence-electron chi connectivity index (χ0n) is 14.0. The number of hydrogen-bond donors (Lipinski definition) is 1. The van der Waals surface area contributed by atoms with Gasteiger partial charge in [-0.05, 0) is 31.2 Å². The molecule has 1 heterocycles. The molecule has 0 radical (unpaired) electrons. The Balaban J connectivity index is 2.11. The largest absolute Gasteiger partial charge is 0.492 e. The summed E-state index contributed by atoms with van der Waals surface area (Å²) in [6.45, 7) is 4.92. The SMILES string of the molecule is COCCNCCOc1ccc(C)cc1-c1cccnc1OC. The van der Waals surface area contributed by atoms with Crippen molar-refractivity contribution in [2.75, 3.05) is 40.5 Å². The number of aromatic nitrogens is 1. The molecule has 2 rings (SSSR count). The molecular formula is C18H24N2O3. The second-order valence-corrected chi connectivity index (χ2v) is 5.15. The molecule has 1 aromatic carbocycles. The second kappa shape index (κ2) is 9.12. The molecule has 0 spiro atoms. The van der Waals surface area contributed by atoms with Crippen LogP contribution in [0.3, 0.4) is 0 Å². The van der Waals surface area contributed by atoms with Crippen LogP contribution in [0.15, 0.2) is 36.5 Å².